The summed E-state index contributed by atoms with van der Waals surface area (Å²) in [6.45, 7) is 7.54. The molecule has 0 spiro atoms. The molecule has 2 amide bonds. The zero-order valence-corrected chi connectivity index (χ0v) is 24.4. The van der Waals surface area contributed by atoms with Crippen molar-refractivity contribution < 1.29 is 18.0 Å². The number of para-hydroxylation sites is 1. The molecule has 0 fully saturated rings. The molecule has 0 radical (unpaired) electrons. The summed E-state index contributed by atoms with van der Waals surface area (Å²) in [7, 11) is -4.10. The second kappa shape index (κ2) is 13.6. The molecule has 208 valence electrons. The lowest BCUT2D eigenvalue weighted by Gasteiger charge is -2.32. The van der Waals surface area contributed by atoms with Gasteiger partial charge in [-0.05, 0) is 54.7 Å². The monoisotopic (exact) mass is 569 g/mol. The maximum Gasteiger partial charge on any atom is 0.264 e. The molecule has 1 unspecified atom stereocenters. The summed E-state index contributed by atoms with van der Waals surface area (Å²) in [5.41, 5.74) is 1.86. The molecule has 39 heavy (non-hydrogen) atoms. The van der Waals surface area contributed by atoms with E-state index >= 15 is 0 Å². The van der Waals surface area contributed by atoms with E-state index in [4.69, 9.17) is 11.6 Å². The molecule has 0 saturated carbocycles. The van der Waals surface area contributed by atoms with Crippen molar-refractivity contribution in [3.63, 3.8) is 0 Å². The van der Waals surface area contributed by atoms with Crippen LogP contribution in [0.25, 0.3) is 0 Å². The normalized spacial score (nSPS) is 12.2. The molecule has 3 aromatic rings. The van der Waals surface area contributed by atoms with E-state index in [1.54, 1.807) is 61.5 Å². The Bertz CT molecular complexity index is 1380. The molecule has 3 rings (SSSR count). The Hall–Kier alpha value is -3.36. The molecule has 0 aliphatic carbocycles. The van der Waals surface area contributed by atoms with Gasteiger partial charge in [0.05, 0.1) is 10.6 Å². The van der Waals surface area contributed by atoms with Crippen LogP contribution in [-0.4, -0.2) is 44.3 Å². The van der Waals surface area contributed by atoms with Crippen molar-refractivity contribution in [2.24, 2.45) is 5.92 Å². The van der Waals surface area contributed by atoms with E-state index in [9.17, 15) is 18.0 Å². The predicted molar refractivity (Wildman–Crippen MR) is 156 cm³/mol. The molecule has 0 heterocycles. The largest absolute Gasteiger partial charge is 0.354 e. The van der Waals surface area contributed by atoms with Crippen LogP contribution in [-0.2, 0) is 32.6 Å². The van der Waals surface area contributed by atoms with E-state index in [1.165, 1.54) is 17.0 Å². The molecule has 1 atom stereocenters. The number of hydrogen-bond donors (Lipinski definition) is 1. The molecule has 7 nitrogen and oxygen atoms in total. The van der Waals surface area contributed by atoms with Gasteiger partial charge >= 0.3 is 0 Å². The topological polar surface area (TPSA) is 86.8 Å². The first-order valence-electron chi connectivity index (χ1n) is 13.0. The van der Waals surface area contributed by atoms with Gasteiger partial charge < -0.3 is 10.2 Å². The zero-order chi connectivity index (χ0) is 28.6. The highest BCUT2D eigenvalue weighted by atomic mass is 35.5. The lowest BCUT2D eigenvalue weighted by molar-refractivity contribution is -0.139. The van der Waals surface area contributed by atoms with Gasteiger partial charge in [0.2, 0.25) is 11.8 Å². The van der Waals surface area contributed by atoms with Crippen LogP contribution in [0.2, 0.25) is 5.02 Å². The standard InChI is InChI=1S/C30H36ClN3O4S/c1-5-24-13-10-12-18-28(24)34(39(37,38)26-15-7-6-8-16-26)21-29(35)33(20-25-14-9-11-17-27(25)31)23(4)30(36)32-19-22(2)3/h6-18,22-23H,5,19-21H2,1-4H3,(H,32,36). The second-order valence-electron chi connectivity index (χ2n) is 9.74. The third-order valence-electron chi connectivity index (χ3n) is 6.40. The minimum Gasteiger partial charge on any atom is -0.354 e. The first kappa shape index (κ1) is 30.2. The Morgan fingerprint density at radius 3 is 2.08 bits per heavy atom. The van der Waals surface area contributed by atoms with E-state index in [0.717, 1.165) is 9.87 Å². The van der Waals surface area contributed by atoms with Crippen molar-refractivity contribution in [3.05, 3.63) is 95.0 Å². The molecule has 0 saturated heterocycles. The molecule has 1 N–H and O–H groups in total. The number of rotatable bonds is 12. The zero-order valence-electron chi connectivity index (χ0n) is 22.8. The number of sulfonamides is 1. The summed E-state index contributed by atoms with van der Waals surface area (Å²) < 4.78 is 29.0. The third kappa shape index (κ3) is 7.61. The van der Waals surface area contributed by atoms with Gasteiger partial charge in [0, 0.05) is 18.1 Å². The van der Waals surface area contributed by atoms with Gasteiger partial charge in [0.15, 0.2) is 0 Å². The second-order valence-corrected chi connectivity index (χ2v) is 12.0. The van der Waals surface area contributed by atoms with Crippen LogP contribution >= 0.6 is 11.6 Å². The smallest absolute Gasteiger partial charge is 0.264 e. The van der Waals surface area contributed by atoms with Crippen molar-refractivity contribution in [3.8, 4) is 0 Å². The number of anilines is 1. The van der Waals surface area contributed by atoms with Crippen LogP contribution in [0.1, 0.15) is 38.8 Å². The average molecular weight is 570 g/mol. The lowest BCUT2D eigenvalue weighted by atomic mass is 10.1. The van der Waals surface area contributed by atoms with Crippen molar-refractivity contribution in [2.75, 3.05) is 17.4 Å². The number of nitrogens with zero attached hydrogens (tertiary/aromatic N) is 2. The number of halogens is 1. The average Bonchev–Trinajstić information content (AvgIpc) is 2.94. The van der Waals surface area contributed by atoms with Crippen LogP contribution in [0, 0.1) is 5.92 Å². The number of carbonyl (C=O) groups is 2. The highest BCUT2D eigenvalue weighted by Gasteiger charge is 2.33. The molecule has 3 aromatic carbocycles. The number of amides is 2. The molecule has 9 heteroatoms. The van der Waals surface area contributed by atoms with Gasteiger partial charge in [-0.2, -0.15) is 0 Å². The van der Waals surface area contributed by atoms with E-state index < -0.39 is 28.5 Å². The molecule has 0 aliphatic heterocycles. The van der Waals surface area contributed by atoms with Gasteiger partial charge in [-0.25, -0.2) is 8.42 Å². The first-order chi connectivity index (χ1) is 18.6. The van der Waals surface area contributed by atoms with E-state index in [0.29, 0.717) is 29.2 Å². The first-order valence-corrected chi connectivity index (χ1v) is 14.8. The van der Waals surface area contributed by atoms with Crippen molar-refractivity contribution in [1.29, 1.82) is 0 Å². The SMILES string of the molecule is CCc1ccccc1N(CC(=O)N(Cc1ccccc1Cl)C(C)C(=O)NCC(C)C)S(=O)(=O)c1ccccc1. The summed E-state index contributed by atoms with van der Waals surface area (Å²) in [6.07, 6.45) is 0.572. The van der Waals surface area contributed by atoms with Gasteiger partial charge in [0.25, 0.3) is 10.0 Å². The number of aryl methyl sites for hydroxylation is 1. The summed E-state index contributed by atoms with van der Waals surface area (Å²) >= 11 is 6.41. The fraction of sp³-hybridized carbons (Fsp3) is 0.333. The summed E-state index contributed by atoms with van der Waals surface area (Å²) in [6, 6.07) is 21.4. The maximum atomic E-state index is 14.0. The fourth-order valence-corrected chi connectivity index (χ4v) is 5.80. The Morgan fingerprint density at radius 2 is 1.46 bits per heavy atom. The minimum atomic E-state index is -4.10. The third-order valence-corrected chi connectivity index (χ3v) is 8.54. The van der Waals surface area contributed by atoms with Gasteiger partial charge in [-0.3, -0.25) is 13.9 Å². The quantitative estimate of drug-likeness (QED) is 0.321. The van der Waals surface area contributed by atoms with Crippen molar-refractivity contribution >= 4 is 39.1 Å². The summed E-state index contributed by atoms with van der Waals surface area (Å²) in [5, 5.41) is 3.33. The van der Waals surface area contributed by atoms with Crippen molar-refractivity contribution in [2.45, 2.75) is 51.6 Å². The van der Waals surface area contributed by atoms with Crippen LogP contribution in [0.3, 0.4) is 0 Å². The molecule has 0 bridgehead atoms. The number of benzene rings is 3. The van der Waals surface area contributed by atoms with Crippen LogP contribution in [0.5, 0.6) is 0 Å². The molecule has 0 aliphatic rings. The van der Waals surface area contributed by atoms with E-state index in [2.05, 4.69) is 5.32 Å². The van der Waals surface area contributed by atoms with Gasteiger partial charge in [-0.15, -0.1) is 0 Å². The Balaban J connectivity index is 2.05. The fourth-order valence-electron chi connectivity index (χ4n) is 4.13. The van der Waals surface area contributed by atoms with E-state index in [-0.39, 0.29) is 23.3 Å². The maximum absolute atomic E-state index is 14.0. The van der Waals surface area contributed by atoms with Crippen LogP contribution in [0.4, 0.5) is 5.69 Å². The van der Waals surface area contributed by atoms with Crippen LogP contribution < -0.4 is 9.62 Å². The molecule has 0 aromatic heterocycles. The Kier molecular flexibility index (Phi) is 10.5. The summed E-state index contributed by atoms with van der Waals surface area (Å²) in [4.78, 5) is 28.5. The lowest BCUT2D eigenvalue weighted by Crippen LogP contribution is -2.51. The van der Waals surface area contributed by atoms with E-state index in [1.807, 2.05) is 32.9 Å². The minimum absolute atomic E-state index is 0.0451. The number of nitrogens with one attached hydrogen (secondary N) is 1. The number of hydrogen-bond acceptors (Lipinski definition) is 4. The van der Waals surface area contributed by atoms with Crippen molar-refractivity contribution in [1.82, 2.24) is 10.2 Å². The van der Waals surface area contributed by atoms with Gasteiger partial charge in [-0.1, -0.05) is 87.0 Å². The molecular weight excluding hydrogens is 534 g/mol. The Morgan fingerprint density at radius 1 is 0.872 bits per heavy atom. The molecular formula is C30H36ClN3O4S. The van der Waals surface area contributed by atoms with Gasteiger partial charge in [0.1, 0.15) is 12.6 Å². The predicted octanol–water partition coefficient (Wildman–Crippen LogP) is 5.29. The number of carbonyl (C=O) groups excluding carboxylic acids is 2. The summed E-state index contributed by atoms with van der Waals surface area (Å²) in [5.74, 6) is -0.617. The highest BCUT2D eigenvalue weighted by molar-refractivity contribution is 7.92. The highest BCUT2D eigenvalue weighted by Crippen LogP contribution is 2.28. The van der Waals surface area contributed by atoms with Crippen LogP contribution in [0.15, 0.2) is 83.8 Å². The Labute approximate surface area is 236 Å².